The van der Waals surface area contributed by atoms with Gasteiger partial charge in [0, 0.05) is 10.4 Å². The summed E-state index contributed by atoms with van der Waals surface area (Å²) in [5.74, 6) is 2.20. The Kier molecular flexibility index (Phi) is 6.17. The first-order chi connectivity index (χ1) is 14.0. The van der Waals surface area contributed by atoms with E-state index in [4.69, 9.17) is 4.74 Å². The average molecular weight is 416 g/mol. The normalized spacial score (nSPS) is 27.1. The maximum atomic E-state index is 6.59. The number of hydrogen-bond acceptors (Lipinski definition) is 5. The SMILES string of the molecule is CCN(C)[C@]1(CC)CC[C@@H](Oc2ncnc3sc4c(c23)[C@@H](CC(C)C)CC4)CC1. The standard InChI is InChI=1S/C24H37N3OS/c1-6-24(27(5)7-2)12-10-18(11-13-24)28-22-21-20-17(14-16(3)4)8-9-19(20)29-23(21)26-15-25-22/h15-18H,6-14H2,1-5H3/t17-,18-,24-/m1/s1. The molecule has 2 heterocycles. The first-order valence-corrected chi connectivity index (χ1v) is 12.4. The van der Waals surface area contributed by atoms with Crippen LogP contribution in [0.4, 0.5) is 0 Å². The highest BCUT2D eigenvalue weighted by Crippen LogP contribution is 2.48. The van der Waals surface area contributed by atoms with Crippen LogP contribution in [-0.2, 0) is 6.42 Å². The molecule has 2 aromatic heterocycles. The lowest BCUT2D eigenvalue weighted by molar-refractivity contribution is 0.0287. The van der Waals surface area contributed by atoms with E-state index in [2.05, 4.69) is 49.6 Å². The predicted octanol–water partition coefficient (Wildman–Crippen LogP) is 6.19. The van der Waals surface area contributed by atoms with Crippen molar-refractivity contribution in [1.29, 1.82) is 0 Å². The number of aromatic nitrogens is 2. The van der Waals surface area contributed by atoms with E-state index in [0.717, 1.165) is 30.1 Å². The number of thiophene rings is 1. The molecule has 0 aromatic carbocycles. The Morgan fingerprint density at radius 3 is 2.62 bits per heavy atom. The smallest absolute Gasteiger partial charge is 0.225 e. The second-order valence-corrected chi connectivity index (χ2v) is 10.7. The Balaban J connectivity index is 1.55. The molecule has 0 amide bonds. The molecule has 0 unspecified atom stereocenters. The van der Waals surface area contributed by atoms with Crippen LogP contribution in [-0.4, -0.2) is 40.1 Å². The summed E-state index contributed by atoms with van der Waals surface area (Å²) in [6.45, 7) is 10.4. The summed E-state index contributed by atoms with van der Waals surface area (Å²) >= 11 is 1.87. The zero-order chi connectivity index (χ0) is 20.6. The van der Waals surface area contributed by atoms with Crippen molar-refractivity contribution < 1.29 is 4.74 Å². The van der Waals surface area contributed by atoms with Crippen LogP contribution < -0.4 is 4.74 Å². The van der Waals surface area contributed by atoms with E-state index in [1.807, 2.05) is 11.3 Å². The third-order valence-corrected chi connectivity index (χ3v) is 8.71. The number of fused-ring (bicyclic) bond motifs is 3. The molecule has 0 N–H and O–H groups in total. The van der Waals surface area contributed by atoms with Gasteiger partial charge in [0.1, 0.15) is 17.3 Å². The van der Waals surface area contributed by atoms with E-state index < -0.39 is 0 Å². The number of nitrogens with zero attached hydrogens (tertiary/aromatic N) is 3. The van der Waals surface area contributed by atoms with Gasteiger partial charge in [-0.1, -0.05) is 27.7 Å². The fourth-order valence-corrected chi connectivity index (χ4v) is 6.91. The van der Waals surface area contributed by atoms with E-state index in [9.17, 15) is 0 Å². The molecule has 29 heavy (non-hydrogen) atoms. The van der Waals surface area contributed by atoms with E-state index in [1.165, 1.54) is 54.4 Å². The second-order valence-electron chi connectivity index (χ2n) is 9.57. The summed E-state index contributed by atoms with van der Waals surface area (Å²) in [4.78, 5) is 14.4. The Labute approximate surface area is 180 Å². The minimum Gasteiger partial charge on any atom is -0.474 e. The van der Waals surface area contributed by atoms with Crippen molar-refractivity contribution in [2.75, 3.05) is 13.6 Å². The van der Waals surface area contributed by atoms with Gasteiger partial charge in [0.25, 0.3) is 0 Å². The maximum Gasteiger partial charge on any atom is 0.225 e. The fraction of sp³-hybridized carbons (Fsp3) is 0.750. The van der Waals surface area contributed by atoms with Gasteiger partial charge in [-0.25, -0.2) is 9.97 Å². The molecule has 1 fully saturated rings. The van der Waals surface area contributed by atoms with E-state index in [0.29, 0.717) is 17.4 Å². The fourth-order valence-electron chi connectivity index (χ4n) is 5.68. The van der Waals surface area contributed by atoms with Gasteiger partial charge in [-0.15, -0.1) is 11.3 Å². The maximum absolute atomic E-state index is 6.59. The van der Waals surface area contributed by atoms with Crippen LogP contribution in [0, 0.1) is 5.92 Å². The van der Waals surface area contributed by atoms with Crippen LogP contribution in [0.5, 0.6) is 5.88 Å². The molecule has 2 aliphatic carbocycles. The summed E-state index contributed by atoms with van der Waals surface area (Å²) in [6.07, 6.45) is 11.6. The molecule has 5 heteroatoms. The first kappa shape index (κ1) is 21.0. The van der Waals surface area contributed by atoms with Crippen molar-refractivity contribution in [2.45, 2.75) is 96.6 Å². The highest BCUT2D eigenvalue weighted by Gasteiger charge is 2.38. The topological polar surface area (TPSA) is 38.2 Å². The summed E-state index contributed by atoms with van der Waals surface area (Å²) in [7, 11) is 2.28. The molecule has 0 radical (unpaired) electrons. The molecule has 2 aromatic rings. The molecule has 1 atom stereocenters. The van der Waals surface area contributed by atoms with E-state index in [-0.39, 0.29) is 6.10 Å². The lowest BCUT2D eigenvalue weighted by atomic mass is 9.77. The predicted molar refractivity (Wildman–Crippen MR) is 122 cm³/mol. The van der Waals surface area contributed by atoms with Crippen molar-refractivity contribution in [3.05, 3.63) is 16.8 Å². The van der Waals surface area contributed by atoms with Gasteiger partial charge in [0.2, 0.25) is 5.88 Å². The summed E-state index contributed by atoms with van der Waals surface area (Å²) < 4.78 is 6.59. The molecule has 4 nitrogen and oxygen atoms in total. The third-order valence-electron chi connectivity index (χ3n) is 7.54. The van der Waals surface area contributed by atoms with Crippen LogP contribution in [0.1, 0.15) is 89.0 Å². The molecule has 2 aliphatic rings. The van der Waals surface area contributed by atoms with Crippen LogP contribution in [0.2, 0.25) is 0 Å². The minimum absolute atomic E-state index is 0.276. The van der Waals surface area contributed by atoms with Crippen molar-refractivity contribution in [1.82, 2.24) is 14.9 Å². The molecule has 0 bridgehead atoms. The Morgan fingerprint density at radius 1 is 1.21 bits per heavy atom. The lowest BCUT2D eigenvalue weighted by Gasteiger charge is -2.45. The van der Waals surface area contributed by atoms with Gasteiger partial charge >= 0.3 is 0 Å². The van der Waals surface area contributed by atoms with Crippen LogP contribution in [0.15, 0.2) is 6.33 Å². The second kappa shape index (κ2) is 8.50. The van der Waals surface area contributed by atoms with Crippen molar-refractivity contribution in [3.63, 3.8) is 0 Å². The number of aryl methyl sites for hydroxylation is 1. The van der Waals surface area contributed by atoms with Crippen molar-refractivity contribution in [2.24, 2.45) is 5.92 Å². The van der Waals surface area contributed by atoms with Crippen LogP contribution in [0.25, 0.3) is 10.2 Å². The molecular formula is C24H37N3OS. The van der Waals surface area contributed by atoms with E-state index >= 15 is 0 Å². The van der Waals surface area contributed by atoms with Crippen LogP contribution >= 0.6 is 11.3 Å². The molecule has 0 saturated heterocycles. The molecule has 1 saturated carbocycles. The van der Waals surface area contributed by atoms with Gasteiger partial charge in [0.05, 0.1) is 5.39 Å². The zero-order valence-electron chi connectivity index (χ0n) is 18.8. The molecule has 4 rings (SSSR count). The zero-order valence-corrected chi connectivity index (χ0v) is 19.6. The minimum atomic E-state index is 0.276. The monoisotopic (exact) mass is 415 g/mol. The molecule has 160 valence electrons. The van der Waals surface area contributed by atoms with Crippen molar-refractivity contribution in [3.8, 4) is 5.88 Å². The lowest BCUT2D eigenvalue weighted by Crippen LogP contribution is -2.49. The number of hydrogen-bond donors (Lipinski definition) is 0. The van der Waals surface area contributed by atoms with Gasteiger partial charge in [-0.05, 0) is 82.4 Å². The quantitative estimate of drug-likeness (QED) is 0.540. The van der Waals surface area contributed by atoms with Crippen LogP contribution in [0.3, 0.4) is 0 Å². The van der Waals surface area contributed by atoms with Crippen molar-refractivity contribution >= 4 is 21.6 Å². The molecule has 0 spiro atoms. The van der Waals surface area contributed by atoms with Gasteiger partial charge in [-0.3, -0.25) is 0 Å². The summed E-state index contributed by atoms with van der Waals surface area (Å²) in [5.41, 5.74) is 1.86. The number of rotatable bonds is 7. The van der Waals surface area contributed by atoms with Gasteiger partial charge < -0.3 is 9.64 Å². The number of ether oxygens (including phenoxy) is 1. The highest BCUT2D eigenvalue weighted by molar-refractivity contribution is 7.19. The van der Waals surface area contributed by atoms with Gasteiger partial charge in [-0.2, -0.15) is 0 Å². The largest absolute Gasteiger partial charge is 0.474 e. The molecule has 0 aliphatic heterocycles. The third kappa shape index (κ3) is 3.93. The Bertz CT molecular complexity index is 838. The van der Waals surface area contributed by atoms with Gasteiger partial charge in [0.15, 0.2) is 0 Å². The Morgan fingerprint density at radius 2 is 1.97 bits per heavy atom. The van der Waals surface area contributed by atoms with E-state index in [1.54, 1.807) is 6.33 Å². The summed E-state index contributed by atoms with van der Waals surface area (Å²) in [6, 6.07) is 0. The Hall–Kier alpha value is -1.20. The average Bonchev–Trinajstić information content (AvgIpc) is 3.28. The highest BCUT2D eigenvalue weighted by atomic mass is 32.1. The molecular weight excluding hydrogens is 378 g/mol. The summed E-state index contributed by atoms with van der Waals surface area (Å²) in [5, 5.41) is 1.23. The first-order valence-electron chi connectivity index (χ1n) is 11.6.